The predicted molar refractivity (Wildman–Crippen MR) is 90.6 cm³/mol. The Kier molecular flexibility index (Phi) is 3.26. The Labute approximate surface area is 147 Å². The zero-order chi connectivity index (χ0) is 17.2. The van der Waals surface area contributed by atoms with Crippen LogP contribution in [0.15, 0.2) is 18.2 Å². The van der Waals surface area contributed by atoms with E-state index < -0.39 is 5.60 Å². The average molecular weight is 341 g/mol. The number of fused-ring (bicyclic) bond motifs is 3. The van der Waals surface area contributed by atoms with Gasteiger partial charge in [0.05, 0.1) is 25.2 Å². The van der Waals surface area contributed by atoms with Crippen molar-refractivity contribution in [3.8, 4) is 5.75 Å². The van der Waals surface area contributed by atoms with Crippen LogP contribution < -0.4 is 4.74 Å². The first kappa shape index (κ1) is 15.4. The molecule has 5 rings (SSSR count). The molecular weight excluding hydrogens is 318 g/mol. The van der Waals surface area contributed by atoms with Crippen LogP contribution in [0.25, 0.3) is 0 Å². The molecule has 0 bridgehead atoms. The number of hydrogen-bond acceptors (Lipinski definition) is 4. The number of ether oxygens (including phenoxy) is 2. The van der Waals surface area contributed by atoms with Gasteiger partial charge in [0, 0.05) is 24.9 Å². The molecule has 2 aliphatic carbocycles. The summed E-state index contributed by atoms with van der Waals surface area (Å²) < 4.78 is 11.8. The van der Waals surface area contributed by atoms with Crippen LogP contribution in [0, 0.1) is 24.7 Å². The lowest BCUT2D eigenvalue weighted by Crippen LogP contribution is -2.46. The summed E-state index contributed by atoms with van der Waals surface area (Å²) in [6.07, 6.45) is 2.28. The average Bonchev–Trinajstić information content (AvgIpc) is 3.27. The van der Waals surface area contributed by atoms with Crippen molar-refractivity contribution in [3.63, 3.8) is 0 Å². The number of Topliss-reactive ketones (excluding diaryl/α,β-unsaturated/α-hetero) is 1. The smallest absolute Gasteiger partial charge is 0.226 e. The number of carbonyl (C=O) groups excluding carboxylic acids is 2. The van der Waals surface area contributed by atoms with Crippen molar-refractivity contribution in [1.29, 1.82) is 0 Å². The van der Waals surface area contributed by atoms with Crippen molar-refractivity contribution < 1.29 is 19.1 Å². The van der Waals surface area contributed by atoms with Crippen LogP contribution in [-0.2, 0) is 9.53 Å². The molecule has 4 unspecified atom stereocenters. The number of benzene rings is 1. The molecule has 2 heterocycles. The van der Waals surface area contributed by atoms with E-state index in [1.54, 1.807) is 0 Å². The minimum absolute atomic E-state index is 0.0339. The molecule has 1 aromatic carbocycles. The Hall–Kier alpha value is -1.88. The third-order valence-electron chi connectivity index (χ3n) is 6.49. The van der Waals surface area contributed by atoms with E-state index in [2.05, 4.69) is 0 Å². The van der Waals surface area contributed by atoms with Gasteiger partial charge in [0.25, 0.3) is 0 Å². The summed E-state index contributed by atoms with van der Waals surface area (Å²) in [5, 5.41) is 0. The lowest BCUT2D eigenvalue weighted by Gasteiger charge is -2.37. The third kappa shape index (κ3) is 2.25. The molecular formula is C20H23NO4. The van der Waals surface area contributed by atoms with E-state index in [-0.39, 0.29) is 23.5 Å². The van der Waals surface area contributed by atoms with Crippen LogP contribution in [0.4, 0.5) is 0 Å². The minimum atomic E-state index is -0.462. The number of morpholine rings is 1. The van der Waals surface area contributed by atoms with Crippen molar-refractivity contribution in [1.82, 2.24) is 4.90 Å². The first-order valence-electron chi connectivity index (χ1n) is 9.28. The highest BCUT2D eigenvalue weighted by molar-refractivity contribution is 6.01. The van der Waals surface area contributed by atoms with Crippen LogP contribution in [0.2, 0.25) is 0 Å². The van der Waals surface area contributed by atoms with Gasteiger partial charge in [0.1, 0.15) is 11.4 Å². The summed E-state index contributed by atoms with van der Waals surface area (Å²) in [5.41, 5.74) is 1.31. The van der Waals surface area contributed by atoms with Crippen molar-refractivity contribution in [3.05, 3.63) is 29.3 Å². The van der Waals surface area contributed by atoms with Crippen LogP contribution >= 0.6 is 0 Å². The minimum Gasteiger partial charge on any atom is -0.486 e. The molecule has 132 valence electrons. The normalized spacial score (nSPS) is 36.0. The zero-order valence-corrected chi connectivity index (χ0v) is 14.5. The molecule has 4 aliphatic rings. The Morgan fingerprint density at radius 2 is 2.08 bits per heavy atom. The van der Waals surface area contributed by atoms with Crippen LogP contribution in [-0.4, -0.2) is 48.5 Å². The highest BCUT2D eigenvalue weighted by Crippen LogP contribution is 2.66. The lowest BCUT2D eigenvalue weighted by atomic mass is 9.84. The summed E-state index contributed by atoms with van der Waals surface area (Å²) >= 11 is 0. The molecule has 4 atom stereocenters. The second-order valence-electron chi connectivity index (χ2n) is 7.96. The Bertz CT molecular complexity index is 754. The standard InChI is InChI=1S/C20H23NO4/c1-12-2-3-16-14(10-12)15(22)11-20(25-16)5-4-13-17(18(13)20)19(23)21-6-8-24-9-7-21/h2-3,10,13,17-18H,4-9,11H2,1H3. The van der Waals surface area contributed by atoms with Crippen LogP contribution in [0.1, 0.15) is 35.2 Å². The SMILES string of the molecule is Cc1ccc2c(c1)C(=O)CC1(CCC3C(C(=O)N4CCOCC4)C31)O2. The fraction of sp³-hybridized carbons (Fsp3) is 0.600. The van der Waals surface area contributed by atoms with E-state index in [1.807, 2.05) is 30.0 Å². The highest BCUT2D eigenvalue weighted by Gasteiger charge is 2.71. The van der Waals surface area contributed by atoms with E-state index in [0.29, 0.717) is 50.0 Å². The Morgan fingerprint density at radius 1 is 1.28 bits per heavy atom. The molecule has 0 radical (unpaired) electrons. The van der Waals surface area contributed by atoms with Crippen LogP contribution in [0.3, 0.4) is 0 Å². The summed E-state index contributed by atoms with van der Waals surface area (Å²) in [6.45, 7) is 4.61. The molecule has 5 nitrogen and oxygen atoms in total. The molecule has 3 fully saturated rings. The maximum absolute atomic E-state index is 12.9. The van der Waals surface area contributed by atoms with Crippen molar-refractivity contribution in [2.45, 2.75) is 31.8 Å². The first-order chi connectivity index (χ1) is 12.1. The van der Waals surface area contributed by atoms with Gasteiger partial charge in [0.15, 0.2) is 5.78 Å². The van der Waals surface area contributed by atoms with E-state index >= 15 is 0 Å². The van der Waals surface area contributed by atoms with Crippen molar-refractivity contribution in [2.24, 2.45) is 17.8 Å². The van der Waals surface area contributed by atoms with Crippen molar-refractivity contribution >= 4 is 11.7 Å². The molecule has 0 N–H and O–H groups in total. The predicted octanol–water partition coefficient (Wildman–Crippen LogP) is 2.21. The van der Waals surface area contributed by atoms with E-state index in [4.69, 9.17) is 9.47 Å². The Morgan fingerprint density at radius 3 is 2.88 bits per heavy atom. The van der Waals surface area contributed by atoms with E-state index in [1.165, 1.54) is 0 Å². The fourth-order valence-corrected chi connectivity index (χ4v) is 5.26. The lowest BCUT2D eigenvalue weighted by molar-refractivity contribution is -0.138. The topological polar surface area (TPSA) is 55.8 Å². The van der Waals surface area contributed by atoms with E-state index in [0.717, 1.165) is 18.4 Å². The van der Waals surface area contributed by atoms with Gasteiger partial charge in [-0.25, -0.2) is 0 Å². The number of hydrogen-bond donors (Lipinski definition) is 0. The molecule has 25 heavy (non-hydrogen) atoms. The first-order valence-corrected chi connectivity index (χ1v) is 9.28. The number of amides is 1. The van der Waals surface area contributed by atoms with Crippen LogP contribution in [0.5, 0.6) is 5.75 Å². The molecule has 1 saturated heterocycles. The monoisotopic (exact) mass is 341 g/mol. The van der Waals surface area contributed by atoms with Gasteiger partial charge in [-0.2, -0.15) is 0 Å². The molecule has 1 aromatic rings. The molecule has 2 aliphatic heterocycles. The largest absolute Gasteiger partial charge is 0.486 e. The second-order valence-corrected chi connectivity index (χ2v) is 7.96. The van der Waals surface area contributed by atoms with Gasteiger partial charge < -0.3 is 14.4 Å². The number of carbonyl (C=O) groups is 2. The van der Waals surface area contributed by atoms with Gasteiger partial charge in [-0.05, 0) is 37.8 Å². The molecule has 1 spiro atoms. The number of ketones is 1. The Balaban J connectivity index is 1.39. The van der Waals surface area contributed by atoms with Gasteiger partial charge in [-0.1, -0.05) is 11.6 Å². The maximum atomic E-state index is 12.9. The summed E-state index contributed by atoms with van der Waals surface area (Å²) in [6, 6.07) is 5.82. The highest BCUT2D eigenvalue weighted by atomic mass is 16.5. The summed E-state index contributed by atoms with van der Waals surface area (Å²) in [4.78, 5) is 27.6. The van der Waals surface area contributed by atoms with Crippen molar-refractivity contribution in [2.75, 3.05) is 26.3 Å². The molecule has 2 saturated carbocycles. The molecule has 0 aromatic heterocycles. The second kappa shape index (κ2) is 5.31. The van der Waals surface area contributed by atoms with Gasteiger partial charge in [-0.3, -0.25) is 9.59 Å². The summed E-state index contributed by atoms with van der Waals surface area (Å²) in [7, 11) is 0. The zero-order valence-electron chi connectivity index (χ0n) is 14.5. The van der Waals surface area contributed by atoms with E-state index in [9.17, 15) is 9.59 Å². The van der Waals surface area contributed by atoms with Gasteiger partial charge in [0.2, 0.25) is 5.91 Å². The number of rotatable bonds is 1. The quantitative estimate of drug-likeness (QED) is 0.786. The van der Waals surface area contributed by atoms with Gasteiger partial charge in [-0.15, -0.1) is 0 Å². The molecule has 1 amide bonds. The molecule has 5 heteroatoms. The third-order valence-corrected chi connectivity index (χ3v) is 6.49. The fourth-order valence-electron chi connectivity index (χ4n) is 5.26. The maximum Gasteiger partial charge on any atom is 0.226 e. The number of nitrogens with zero attached hydrogens (tertiary/aromatic N) is 1. The van der Waals surface area contributed by atoms with Gasteiger partial charge >= 0.3 is 0 Å². The summed E-state index contributed by atoms with van der Waals surface area (Å²) in [5.74, 6) is 1.72. The number of aryl methyl sites for hydroxylation is 1.